The molecule has 0 heterocycles. The third kappa shape index (κ3) is 133000. The molecular weight excluding hydrogens is 299 g/mol. The summed E-state index contributed by atoms with van der Waals surface area (Å²) in [5.74, 6) is -3.33. The van der Waals surface area contributed by atoms with Crippen LogP contribution in [0.3, 0.4) is 0 Å². The Labute approximate surface area is 146 Å². The number of carboxylic acid groups (broad SMARTS) is 4. The van der Waals surface area contributed by atoms with Crippen LogP contribution in [0.5, 0.6) is 0 Å². The predicted octanol–water partition coefficient (Wildman–Crippen LogP) is -3.62. The summed E-state index contributed by atoms with van der Waals surface area (Å²) in [5, 5.41) is 29.7. The first-order valence-corrected chi connectivity index (χ1v) is 5.03. The van der Waals surface area contributed by atoms with Crippen LogP contribution >= 0.6 is 0 Å². The molecule has 0 aliphatic rings. The molecule has 0 unspecified atom stereocenters. The first-order valence-electron chi connectivity index (χ1n) is 5.03. The number of hydrogen-bond acceptors (Lipinski definition) is 6. The minimum atomic E-state index is -0.833. The summed E-state index contributed by atoms with van der Waals surface area (Å²) in [4.78, 5) is 36.0. The predicted molar refractivity (Wildman–Crippen MR) is 72.5 cm³/mol. The second-order valence-corrected chi connectivity index (χ2v) is 2.65. The van der Waals surface area contributed by atoms with Crippen LogP contribution in [0, 0.1) is 0 Å². The molecule has 21 heavy (non-hydrogen) atoms. The molecule has 8 N–H and O–H groups in total. The summed E-state index contributed by atoms with van der Waals surface area (Å²) < 4.78 is 0. The van der Waals surface area contributed by atoms with E-state index < -0.39 is 23.9 Å². The van der Waals surface area contributed by atoms with E-state index in [4.69, 9.17) is 51.1 Å². The van der Waals surface area contributed by atoms with Crippen LogP contribution in [-0.4, -0.2) is 57.4 Å². The molecule has 11 heteroatoms. The number of hydrogen-bond donors (Lipinski definition) is 6. The Morgan fingerprint density at radius 1 is 0.667 bits per heavy atom. The monoisotopic (exact) mass is 324 g/mol. The third-order valence-corrected chi connectivity index (χ3v) is 0.167. The van der Waals surface area contributed by atoms with Gasteiger partial charge in [0.25, 0.3) is 23.9 Å². The van der Waals surface area contributed by atoms with Gasteiger partial charge in [-0.1, -0.05) is 0 Å². The molecule has 10 nitrogen and oxygen atoms in total. The zero-order valence-corrected chi connectivity index (χ0v) is 15.0. The third-order valence-electron chi connectivity index (χ3n) is 0.167. The second kappa shape index (κ2) is 36.4. The average molecular weight is 324 g/mol. The maximum Gasteiger partial charge on any atom is 1.00 e. The molecule has 0 atom stereocenters. The Morgan fingerprint density at radius 3 is 0.714 bits per heavy atom. The van der Waals surface area contributed by atoms with Gasteiger partial charge in [-0.25, -0.2) is 0 Å². The van der Waals surface area contributed by atoms with Gasteiger partial charge in [0, 0.05) is 40.8 Å². The molecule has 0 aromatic carbocycles. The van der Waals surface area contributed by atoms with Gasteiger partial charge in [-0.3, -0.25) is 19.2 Å². The van der Waals surface area contributed by atoms with Crippen LogP contribution in [0.4, 0.5) is 0 Å². The normalized spacial score (nSPS) is 6.19. The van der Waals surface area contributed by atoms with E-state index in [-0.39, 0.29) is 31.0 Å². The Hall–Kier alpha value is -1.20. The zero-order chi connectivity index (χ0) is 17.7. The SMILES string of the molecule is CC(=O)O.CC(=O)O.CC(=O)O.CC(=O)O.NCCN.[H-].[Na+]. The summed E-state index contributed by atoms with van der Waals surface area (Å²) >= 11 is 0. The molecule has 0 aromatic rings. The first kappa shape index (κ1) is 36.7. The quantitative estimate of drug-likeness (QED) is 0.261. The van der Waals surface area contributed by atoms with Crippen molar-refractivity contribution in [3.05, 3.63) is 0 Å². The van der Waals surface area contributed by atoms with Crippen LogP contribution in [0.2, 0.25) is 0 Å². The van der Waals surface area contributed by atoms with E-state index in [0.717, 1.165) is 27.7 Å². The Kier molecular flexibility index (Phi) is 63.6. The minimum absolute atomic E-state index is 0. The summed E-state index contributed by atoms with van der Waals surface area (Å²) in [6.45, 7) is 5.53. The van der Waals surface area contributed by atoms with E-state index in [1.165, 1.54) is 0 Å². The van der Waals surface area contributed by atoms with Crippen molar-refractivity contribution in [1.82, 2.24) is 0 Å². The van der Waals surface area contributed by atoms with Gasteiger partial charge in [0.1, 0.15) is 0 Å². The van der Waals surface area contributed by atoms with Crippen LogP contribution in [0.1, 0.15) is 29.1 Å². The standard InChI is InChI=1S/C2H8N2.4C2H4O2.Na.H/c3-1-2-4;4*1-2(3)4;;/h1-4H2;4*1H3,(H,3,4);;/q;;;;;+1;-1. The number of carboxylic acids is 4. The number of aliphatic carboxylic acids is 4. The van der Waals surface area contributed by atoms with Gasteiger partial charge in [-0.15, -0.1) is 0 Å². The second-order valence-electron chi connectivity index (χ2n) is 2.65. The number of carbonyl (C=O) groups is 4. The maximum atomic E-state index is 9.00. The summed E-state index contributed by atoms with van der Waals surface area (Å²) in [6, 6.07) is 0. The molecule has 0 aromatic heterocycles. The maximum absolute atomic E-state index is 9.00. The fraction of sp³-hybridized carbons (Fsp3) is 0.600. The smallest absolute Gasteiger partial charge is 1.00 e. The first-order chi connectivity index (χ1) is 8.84. The molecule has 0 spiro atoms. The van der Waals surface area contributed by atoms with Gasteiger partial charge < -0.3 is 33.3 Å². The molecule has 0 aliphatic heterocycles. The Morgan fingerprint density at radius 2 is 0.714 bits per heavy atom. The molecule has 0 saturated heterocycles. The molecule has 0 bridgehead atoms. The zero-order valence-electron chi connectivity index (χ0n) is 14.0. The van der Waals surface area contributed by atoms with Crippen molar-refractivity contribution in [3.8, 4) is 0 Å². The van der Waals surface area contributed by atoms with Crippen molar-refractivity contribution in [2.45, 2.75) is 27.7 Å². The molecule has 0 aliphatic carbocycles. The van der Waals surface area contributed by atoms with E-state index in [0.29, 0.717) is 13.1 Å². The molecule has 0 fully saturated rings. The van der Waals surface area contributed by atoms with Crippen molar-refractivity contribution in [1.29, 1.82) is 0 Å². The van der Waals surface area contributed by atoms with Crippen LogP contribution < -0.4 is 41.0 Å². The van der Waals surface area contributed by atoms with E-state index in [9.17, 15) is 0 Å². The van der Waals surface area contributed by atoms with Crippen molar-refractivity contribution in [3.63, 3.8) is 0 Å². The average Bonchev–Trinajstić information content (AvgIpc) is 2.13. The van der Waals surface area contributed by atoms with E-state index >= 15 is 0 Å². The van der Waals surface area contributed by atoms with Gasteiger partial charge in [0.15, 0.2) is 0 Å². The van der Waals surface area contributed by atoms with E-state index in [2.05, 4.69) is 0 Å². The molecule has 0 saturated carbocycles. The van der Waals surface area contributed by atoms with Crippen molar-refractivity contribution in [2.24, 2.45) is 11.5 Å². The van der Waals surface area contributed by atoms with Crippen molar-refractivity contribution >= 4 is 23.9 Å². The van der Waals surface area contributed by atoms with Gasteiger partial charge in [0.2, 0.25) is 0 Å². The van der Waals surface area contributed by atoms with Gasteiger partial charge in [-0.05, 0) is 0 Å². The molecular formula is C10H25N2NaO8. The van der Waals surface area contributed by atoms with Gasteiger partial charge in [0.05, 0.1) is 0 Å². The van der Waals surface area contributed by atoms with Crippen LogP contribution in [0.15, 0.2) is 0 Å². The minimum Gasteiger partial charge on any atom is -1.00 e. The Balaban J connectivity index is -0.0000000250. The molecule has 0 rings (SSSR count). The summed E-state index contributed by atoms with van der Waals surface area (Å²) in [7, 11) is 0. The molecule has 0 amide bonds. The molecule has 0 radical (unpaired) electrons. The van der Waals surface area contributed by atoms with Gasteiger partial charge in [-0.2, -0.15) is 0 Å². The van der Waals surface area contributed by atoms with Crippen LogP contribution in [-0.2, 0) is 19.2 Å². The van der Waals surface area contributed by atoms with Crippen LogP contribution in [0.25, 0.3) is 0 Å². The Bertz CT molecular complexity index is 201. The fourth-order valence-electron chi connectivity index (χ4n) is 0. The topological polar surface area (TPSA) is 201 Å². The van der Waals surface area contributed by atoms with E-state index in [1.807, 2.05) is 0 Å². The fourth-order valence-corrected chi connectivity index (χ4v) is 0. The number of nitrogens with two attached hydrogens (primary N) is 2. The molecule has 124 valence electrons. The number of rotatable bonds is 1. The summed E-state index contributed by atoms with van der Waals surface area (Å²) in [6.07, 6.45) is 0. The van der Waals surface area contributed by atoms with E-state index in [1.54, 1.807) is 0 Å². The largest absolute Gasteiger partial charge is 1.00 e. The summed E-state index contributed by atoms with van der Waals surface area (Å²) in [5.41, 5.74) is 9.81. The van der Waals surface area contributed by atoms with Crippen molar-refractivity contribution in [2.75, 3.05) is 13.1 Å². The van der Waals surface area contributed by atoms with Gasteiger partial charge >= 0.3 is 29.6 Å². The van der Waals surface area contributed by atoms with Crippen molar-refractivity contribution < 1.29 is 70.6 Å².